The lowest BCUT2D eigenvalue weighted by molar-refractivity contribution is -0.124. The third-order valence-corrected chi connectivity index (χ3v) is 5.56. The highest BCUT2D eigenvalue weighted by molar-refractivity contribution is 5.95. The molecule has 1 saturated heterocycles. The van der Waals surface area contributed by atoms with Crippen LogP contribution in [-0.2, 0) is 4.79 Å². The average Bonchev–Trinajstić information content (AvgIpc) is 3.34. The van der Waals surface area contributed by atoms with E-state index in [-0.39, 0.29) is 23.3 Å². The minimum absolute atomic E-state index is 0.0605. The molecule has 9 heteroatoms. The molecular weight excluding hydrogens is 372 g/mol. The van der Waals surface area contributed by atoms with E-state index in [0.717, 1.165) is 6.42 Å². The van der Waals surface area contributed by atoms with Crippen LogP contribution in [0.2, 0.25) is 0 Å². The van der Waals surface area contributed by atoms with E-state index in [1.807, 2.05) is 6.92 Å². The number of nitrogens with one attached hydrogen (secondary N) is 1. The number of fused-ring (bicyclic) bond motifs is 1. The Morgan fingerprint density at radius 1 is 1.28 bits per heavy atom. The van der Waals surface area contributed by atoms with Crippen molar-refractivity contribution in [1.29, 1.82) is 0 Å². The lowest BCUT2D eigenvalue weighted by atomic mass is 9.90. The van der Waals surface area contributed by atoms with Crippen molar-refractivity contribution in [3.63, 3.8) is 0 Å². The molecule has 1 aliphatic rings. The smallest absolute Gasteiger partial charge is 0.276 e. The molecule has 1 fully saturated rings. The van der Waals surface area contributed by atoms with E-state index >= 15 is 0 Å². The van der Waals surface area contributed by atoms with Gasteiger partial charge in [0.05, 0.1) is 17.5 Å². The number of ketones is 1. The minimum Gasteiger partial charge on any atom is -0.338 e. The second-order valence-corrected chi connectivity index (χ2v) is 7.45. The first-order valence-corrected chi connectivity index (χ1v) is 9.94. The van der Waals surface area contributed by atoms with Crippen LogP contribution in [0.4, 0.5) is 0 Å². The number of H-pyrrole nitrogens is 1. The molecule has 4 heterocycles. The predicted octanol–water partition coefficient (Wildman–Crippen LogP) is 1.74. The number of aromatic nitrogens is 5. The lowest BCUT2D eigenvalue weighted by Crippen LogP contribution is -2.40. The highest BCUT2D eigenvalue weighted by Crippen LogP contribution is 2.22. The van der Waals surface area contributed by atoms with Crippen LogP contribution in [0.1, 0.15) is 48.7 Å². The van der Waals surface area contributed by atoms with E-state index in [0.29, 0.717) is 54.9 Å². The normalized spacial score (nSPS) is 15.2. The fourth-order valence-electron chi connectivity index (χ4n) is 3.89. The Bertz CT molecular complexity index is 1120. The molecule has 0 atom stereocenters. The zero-order valence-corrected chi connectivity index (χ0v) is 16.6. The van der Waals surface area contributed by atoms with Crippen molar-refractivity contribution in [2.45, 2.75) is 39.5 Å². The van der Waals surface area contributed by atoms with Crippen LogP contribution in [0, 0.1) is 12.8 Å². The fraction of sp³-hybridized carbons (Fsp3) is 0.450. The first-order valence-electron chi connectivity index (χ1n) is 9.94. The summed E-state index contributed by atoms with van der Waals surface area (Å²) < 4.78 is 2.94. The van der Waals surface area contributed by atoms with Gasteiger partial charge in [0.2, 0.25) is 5.95 Å². The number of nitrogens with zero attached hydrogens (tertiary/aromatic N) is 5. The summed E-state index contributed by atoms with van der Waals surface area (Å²) in [4.78, 5) is 41.8. The molecule has 29 heavy (non-hydrogen) atoms. The van der Waals surface area contributed by atoms with Crippen LogP contribution >= 0.6 is 0 Å². The van der Waals surface area contributed by atoms with Crippen LogP contribution in [0.5, 0.6) is 0 Å². The number of carbonyl (C=O) groups is 2. The molecule has 3 aromatic heterocycles. The van der Waals surface area contributed by atoms with Gasteiger partial charge in [0.1, 0.15) is 11.3 Å². The van der Waals surface area contributed by atoms with Crippen LogP contribution in [-0.4, -0.2) is 54.1 Å². The van der Waals surface area contributed by atoms with Gasteiger partial charge < -0.3 is 4.90 Å². The summed E-state index contributed by atoms with van der Waals surface area (Å²) in [5, 5.41) is 8.63. The van der Waals surface area contributed by atoms with Crippen LogP contribution in [0.15, 0.2) is 29.3 Å². The van der Waals surface area contributed by atoms with Crippen molar-refractivity contribution in [2.24, 2.45) is 5.92 Å². The number of rotatable bonds is 5. The first kappa shape index (κ1) is 19.1. The molecule has 152 valence electrons. The summed E-state index contributed by atoms with van der Waals surface area (Å²) >= 11 is 0. The van der Waals surface area contributed by atoms with Crippen molar-refractivity contribution in [3.8, 4) is 5.95 Å². The number of hydrogen-bond donors (Lipinski definition) is 1. The number of carbonyl (C=O) groups excluding carboxylic acids is 2. The van der Waals surface area contributed by atoms with Gasteiger partial charge in [-0.1, -0.05) is 6.92 Å². The van der Waals surface area contributed by atoms with Gasteiger partial charge in [-0.2, -0.15) is 5.10 Å². The molecule has 1 aliphatic heterocycles. The molecule has 1 N–H and O–H groups in total. The third kappa shape index (κ3) is 3.48. The molecule has 4 rings (SSSR count). The summed E-state index contributed by atoms with van der Waals surface area (Å²) in [5.41, 5.74) is 1.24. The number of likely N-dealkylation sites (tertiary alicyclic amines) is 1. The maximum atomic E-state index is 13.0. The van der Waals surface area contributed by atoms with E-state index in [4.69, 9.17) is 0 Å². The molecule has 1 amide bonds. The Hall–Kier alpha value is -3.23. The number of Topliss-reactive ketones (excluding diaryl/α,β-unsaturated/α-hetero) is 1. The Kier molecular flexibility index (Phi) is 5.04. The van der Waals surface area contributed by atoms with Crippen molar-refractivity contribution < 1.29 is 9.59 Å². The molecule has 0 unspecified atom stereocenters. The predicted molar refractivity (Wildman–Crippen MR) is 106 cm³/mol. The van der Waals surface area contributed by atoms with Gasteiger partial charge in [0.25, 0.3) is 11.5 Å². The quantitative estimate of drug-likeness (QED) is 0.707. The minimum atomic E-state index is -0.276. The third-order valence-electron chi connectivity index (χ3n) is 5.56. The monoisotopic (exact) mass is 396 g/mol. The van der Waals surface area contributed by atoms with Gasteiger partial charge in [0, 0.05) is 31.6 Å². The van der Waals surface area contributed by atoms with Crippen molar-refractivity contribution >= 4 is 17.2 Å². The maximum Gasteiger partial charge on any atom is 0.276 e. The number of aromatic amines is 1. The largest absolute Gasteiger partial charge is 0.338 e. The lowest BCUT2D eigenvalue weighted by Gasteiger charge is -2.31. The average molecular weight is 396 g/mol. The van der Waals surface area contributed by atoms with Crippen molar-refractivity contribution in [2.75, 3.05) is 13.1 Å². The maximum absolute atomic E-state index is 13.0. The second-order valence-electron chi connectivity index (χ2n) is 7.45. The molecular formula is C20H24N6O3. The molecule has 0 spiro atoms. The van der Waals surface area contributed by atoms with Crippen molar-refractivity contribution in [3.05, 3.63) is 46.1 Å². The van der Waals surface area contributed by atoms with Gasteiger partial charge in [0.15, 0.2) is 0 Å². The zero-order chi connectivity index (χ0) is 20.5. The van der Waals surface area contributed by atoms with Gasteiger partial charge in [-0.25, -0.2) is 9.20 Å². The van der Waals surface area contributed by atoms with E-state index < -0.39 is 0 Å². The van der Waals surface area contributed by atoms with Gasteiger partial charge >= 0.3 is 0 Å². The summed E-state index contributed by atoms with van der Waals surface area (Å²) in [6, 6.07) is 3.41. The standard InChI is InChI=1S/C20H24N6O3/c1-3-5-17(27)14-7-10-24(11-8-14)19(29)15-12-21-26(13(15)2)20-22-18(28)16-6-4-9-25(16)23-20/h4,6,9,12,14H,3,5,7-8,10-11H2,1-2H3,(H,22,23,28). The Morgan fingerprint density at radius 3 is 2.76 bits per heavy atom. The SMILES string of the molecule is CCCC(=O)C1CCN(C(=O)c2cnn(-c3nn4cccc4c(=O)[nH]3)c2C)CC1. The summed E-state index contributed by atoms with van der Waals surface area (Å²) in [6.07, 6.45) is 6.07. The molecule has 9 nitrogen and oxygen atoms in total. The topological polar surface area (TPSA) is 105 Å². The highest BCUT2D eigenvalue weighted by Gasteiger charge is 2.29. The van der Waals surface area contributed by atoms with Gasteiger partial charge in [-0.3, -0.25) is 19.4 Å². The first-order chi connectivity index (χ1) is 14.0. The Morgan fingerprint density at radius 2 is 2.03 bits per heavy atom. The van der Waals surface area contributed by atoms with Crippen molar-refractivity contribution in [1.82, 2.24) is 29.3 Å². The molecule has 0 aromatic carbocycles. The molecule has 3 aromatic rings. The van der Waals surface area contributed by atoms with E-state index in [2.05, 4.69) is 15.2 Å². The zero-order valence-electron chi connectivity index (χ0n) is 16.6. The fourth-order valence-corrected chi connectivity index (χ4v) is 3.89. The van der Waals surface area contributed by atoms with E-state index in [9.17, 15) is 14.4 Å². The number of piperidine rings is 1. The number of hydrogen-bond acceptors (Lipinski definition) is 5. The second kappa shape index (κ2) is 7.65. The van der Waals surface area contributed by atoms with Crippen LogP contribution < -0.4 is 5.56 Å². The molecule has 0 radical (unpaired) electrons. The van der Waals surface area contributed by atoms with Crippen LogP contribution in [0.25, 0.3) is 11.5 Å². The molecule has 0 aliphatic carbocycles. The summed E-state index contributed by atoms with van der Waals surface area (Å²) in [7, 11) is 0. The summed E-state index contributed by atoms with van der Waals surface area (Å²) in [5.74, 6) is 0.503. The van der Waals surface area contributed by atoms with E-state index in [1.54, 1.807) is 30.2 Å². The van der Waals surface area contributed by atoms with E-state index in [1.165, 1.54) is 15.4 Å². The Labute approximate surface area is 167 Å². The number of amides is 1. The highest BCUT2D eigenvalue weighted by atomic mass is 16.2. The molecule has 0 bridgehead atoms. The Balaban J connectivity index is 1.53. The summed E-state index contributed by atoms with van der Waals surface area (Å²) in [6.45, 7) is 4.91. The van der Waals surface area contributed by atoms with Gasteiger partial charge in [-0.15, -0.1) is 5.10 Å². The molecule has 0 saturated carbocycles. The van der Waals surface area contributed by atoms with Gasteiger partial charge in [-0.05, 0) is 38.3 Å². The van der Waals surface area contributed by atoms with Crippen LogP contribution in [0.3, 0.4) is 0 Å².